The summed E-state index contributed by atoms with van der Waals surface area (Å²) in [7, 11) is 0. The molecule has 1 N–H and O–H groups in total. The van der Waals surface area contributed by atoms with E-state index in [2.05, 4.69) is 30.9 Å². The zero-order valence-corrected chi connectivity index (χ0v) is 13.5. The molecule has 0 spiro atoms. The Bertz CT molecular complexity index is 585. The van der Waals surface area contributed by atoms with Crippen molar-refractivity contribution in [2.75, 3.05) is 25.0 Å². The van der Waals surface area contributed by atoms with Crippen LogP contribution in [0.15, 0.2) is 18.3 Å². The lowest BCUT2D eigenvalue weighted by molar-refractivity contribution is 0.315. The van der Waals surface area contributed by atoms with Gasteiger partial charge in [0.15, 0.2) is 0 Å². The van der Waals surface area contributed by atoms with Crippen LogP contribution in [-0.2, 0) is 6.54 Å². The minimum absolute atomic E-state index is 0.637. The van der Waals surface area contributed by atoms with Crippen LogP contribution in [0, 0.1) is 12.8 Å². The molecular weight excluding hydrogens is 306 g/mol. The zero-order chi connectivity index (χ0) is 14.7. The number of nitrogens with one attached hydrogen (secondary N) is 1. The molecule has 0 saturated carbocycles. The molecule has 0 radical (unpaired) electrons. The maximum absolute atomic E-state index is 6.05. The summed E-state index contributed by atoms with van der Waals surface area (Å²) < 4.78 is 4.59. The standard InChI is InChI=1S/C14H18ClN5S/c1-10-2-3-13(16-6-10)17-7-11-4-5-20(8-11)9-12-14(15)21-19-18-12/h2-3,6,11H,4-5,7-9H2,1H3,(H,16,17). The molecule has 1 saturated heterocycles. The van der Waals surface area contributed by atoms with Gasteiger partial charge in [0.2, 0.25) is 0 Å². The number of likely N-dealkylation sites (tertiary alicyclic amines) is 1. The van der Waals surface area contributed by atoms with E-state index in [9.17, 15) is 0 Å². The van der Waals surface area contributed by atoms with E-state index in [1.807, 2.05) is 19.2 Å². The summed E-state index contributed by atoms with van der Waals surface area (Å²) in [5.74, 6) is 1.59. The van der Waals surface area contributed by atoms with Crippen LogP contribution in [-0.4, -0.2) is 39.1 Å². The predicted octanol–water partition coefficient (Wildman–Crippen LogP) is 2.83. The lowest BCUT2D eigenvalue weighted by Crippen LogP contribution is -2.23. The van der Waals surface area contributed by atoms with Crippen LogP contribution in [0.3, 0.4) is 0 Å². The average Bonchev–Trinajstić information content (AvgIpc) is 3.09. The quantitative estimate of drug-likeness (QED) is 0.917. The Balaban J connectivity index is 1.46. The number of hydrogen-bond acceptors (Lipinski definition) is 6. The van der Waals surface area contributed by atoms with E-state index in [4.69, 9.17) is 11.6 Å². The van der Waals surface area contributed by atoms with E-state index < -0.39 is 0 Å². The van der Waals surface area contributed by atoms with E-state index in [1.54, 1.807) is 0 Å². The Hall–Kier alpha value is -1.24. The van der Waals surface area contributed by atoms with Crippen molar-refractivity contribution >= 4 is 29.0 Å². The van der Waals surface area contributed by atoms with Crippen molar-refractivity contribution in [3.05, 3.63) is 33.9 Å². The molecule has 7 heteroatoms. The van der Waals surface area contributed by atoms with Gasteiger partial charge in [-0.25, -0.2) is 4.98 Å². The van der Waals surface area contributed by atoms with Gasteiger partial charge in [-0.05, 0) is 37.4 Å². The SMILES string of the molecule is Cc1ccc(NCC2CCN(Cc3nnsc3Cl)C2)nc1. The third-order valence-electron chi connectivity index (χ3n) is 3.74. The molecule has 112 valence electrons. The van der Waals surface area contributed by atoms with Gasteiger partial charge in [0.1, 0.15) is 15.8 Å². The topological polar surface area (TPSA) is 53.9 Å². The number of rotatable bonds is 5. The fourth-order valence-corrected chi connectivity index (χ4v) is 3.16. The average molecular weight is 324 g/mol. The van der Waals surface area contributed by atoms with Crippen LogP contribution >= 0.6 is 23.1 Å². The number of aromatic nitrogens is 3. The second-order valence-corrected chi connectivity index (χ2v) is 6.84. The largest absolute Gasteiger partial charge is 0.370 e. The molecule has 0 aliphatic carbocycles. The van der Waals surface area contributed by atoms with Gasteiger partial charge in [-0.15, -0.1) is 5.10 Å². The van der Waals surface area contributed by atoms with Crippen LogP contribution in [0.2, 0.25) is 4.34 Å². The molecule has 3 heterocycles. The first-order valence-corrected chi connectivity index (χ1v) is 8.21. The lowest BCUT2D eigenvalue weighted by Gasteiger charge is -2.15. The number of aryl methyl sites for hydroxylation is 1. The monoisotopic (exact) mass is 323 g/mol. The van der Waals surface area contributed by atoms with Crippen molar-refractivity contribution in [1.29, 1.82) is 0 Å². The fraction of sp³-hybridized carbons (Fsp3) is 0.500. The second-order valence-electron chi connectivity index (χ2n) is 5.48. The van der Waals surface area contributed by atoms with E-state index in [0.717, 1.165) is 37.7 Å². The molecule has 1 fully saturated rings. The molecule has 1 atom stereocenters. The molecule has 1 aliphatic heterocycles. The summed E-state index contributed by atoms with van der Waals surface area (Å²) in [4.78, 5) is 6.76. The maximum atomic E-state index is 6.05. The van der Waals surface area contributed by atoms with Gasteiger partial charge in [-0.1, -0.05) is 22.2 Å². The van der Waals surface area contributed by atoms with Crippen molar-refractivity contribution < 1.29 is 0 Å². The summed E-state index contributed by atoms with van der Waals surface area (Å²) in [6.07, 6.45) is 3.08. The van der Waals surface area contributed by atoms with Gasteiger partial charge in [0.25, 0.3) is 0 Å². The van der Waals surface area contributed by atoms with Crippen LogP contribution < -0.4 is 5.32 Å². The maximum Gasteiger partial charge on any atom is 0.138 e. The lowest BCUT2D eigenvalue weighted by atomic mass is 10.1. The normalized spacial score (nSPS) is 19.0. The van der Waals surface area contributed by atoms with Gasteiger partial charge < -0.3 is 5.32 Å². The molecule has 1 aliphatic rings. The van der Waals surface area contributed by atoms with Crippen molar-refractivity contribution in [3.8, 4) is 0 Å². The minimum Gasteiger partial charge on any atom is -0.370 e. The van der Waals surface area contributed by atoms with Crippen molar-refractivity contribution in [2.24, 2.45) is 5.92 Å². The Labute approximate surface area is 133 Å². The van der Waals surface area contributed by atoms with Gasteiger partial charge >= 0.3 is 0 Å². The first-order valence-electron chi connectivity index (χ1n) is 7.06. The molecule has 0 aromatic carbocycles. The van der Waals surface area contributed by atoms with Crippen LogP contribution in [0.5, 0.6) is 0 Å². The third-order valence-corrected chi connectivity index (χ3v) is 4.72. The van der Waals surface area contributed by atoms with E-state index in [1.165, 1.54) is 23.5 Å². The smallest absolute Gasteiger partial charge is 0.138 e. The van der Waals surface area contributed by atoms with Crippen LogP contribution in [0.25, 0.3) is 0 Å². The Morgan fingerprint density at radius 1 is 1.48 bits per heavy atom. The van der Waals surface area contributed by atoms with Gasteiger partial charge in [-0.3, -0.25) is 4.90 Å². The highest BCUT2D eigenvalue weighted by atomic mass is 35.5. The molecule has 5 nitrogen and oxygen atoms in total. The van der Waals surface area contributed by atoms with E-state index in [-0.39, 0.29) is 0 Å². The number of nitrogens with zero attached hydrogens (tertiary/aromatic N) is 4. The molecule has 21 heavy (non-hydrogen) atoms. The molecular formula is C14H18ClN5S. The molecule has 3 rings (SSSR count). The summed E-state index contributed by atoms with van der Waals surface area (Å²) in [6.45, 7) is 5.95. The Morgan fingerprint density at radius 3 is 3.10 bits per heavy atom. The third kappa shape index (κ3) is 3.90. The number of anilines is 1. The summed E-state index contributed by atoms with van der Waals surface area (Å²) in [6, 6.07) is 4.11. The predicted molar refractivity (Wildman–Crippen MR) is 85.8 cm³/mol. The van der Waals surface area contributed by atoms with E-state index >= 15 is 0 Å². The summed E-state index contributed by atoms with van der Waals surface area (Å²) in [5, 5.41) is 7.49. The highest BCUT2D eigenvalue weighted by Crippen LogP contribution is 2.23. The number of halogens is 1. The van der Waals surface area contributed by atoms with Gasteiger partial charge in [0.05, 0.1) is 0 Å². The molecule has 2 aromatic heterocycles. The second kappa shape index (κ2) is 6.68. The molecule has 0 bridgehead atoms. The van der Waals surface area contributed by atoms with Gasteiger partial charge in [-0.2, -0.15) is 0 Å². The van der Waals surface area contributed by atoms with E-state index in [0.29, 0.717) is 10.3 Å². The van der Waals surface area contributed by atoms with Crippen molar-refractivity contribution in [3.63, 3.8) is 0 Å². The minimum atomic E-state index is 0.637. The van der Waals surface area contributed by atoms with Gasteiger partial charge in [0, 0.05) is 37.4 Å². The fourth-order valence-electron chi connectivity index (χ4n) is 2.55. The highest BCUT2D eigenvalue weighted by Gasteiger charge is 2.23. The first kappa shape index (κ1) is 14.7. The van der Waals surface area contributed by atoms with Crippen LogP contribution in [0.4, 0.5) is 5.82 Å². The number of pyridine rings is 1. The zero-order valence-electron chi connectivity index (χ0n) is 11.9. The summed E-state index contributed by atoms with van der Waals surface area (Å²) in [5.41, 5.74) is 2.08. The Kier molecular flexibility index (Phi) is 4.67. The Morgan fingerprint density at radius 2 is 2.38 bits per heavy atom. The highest BCUT2D eigenvalue weighted by molar-refractivity contribution is 7.10. The van der Waals surface area contributed by atoms with Crippen LogP contribution in [0.1, 0.15) is 17.7 Å². The first-order chi connectivity index (χ1) is 10.2. The number of hydrogen-bond donors (Lipinski definition) is 1. The summed E-state index contributed by atoms with van der Waals surface area (Å²) >= 11 is 7.31. The molecule has 0 amide bonds. The molecule has 2 aromatic rings. The van der Waals surface area contributed by atoms with Crippen molar-refractivity contribution in [1.82, 2.24) is 19.5 Å². The molecule has 1 unspecified atom stereocenters. The van der Waals surface area contributed by atoms with Crippen molar-refractivity contribution in [2.45, 2.75) is 19.9 Å².